The smallest absolute Gasteiger partial charge is 0.118 e. The van der Waals surface area contributed by atoms with E-state index in [1.165, 1.54) is 0 Å². The molecule has 4 heteroatoms. The predicted octanol–water partition coefficient (Wildman–Crippen LogP) is 2.55. The lowest BCUT2D eigenvalue weighted by Gasteiger charge is -2.22. The van der Waals surface area contributed by atoms with Crippen molar-refractivity contribution in [3.8, 4) is 5.75 Å². The zero-order valence-electron chi connectivity index (χ0n) is 12.7. The molecule has 0 aromatic heterocycles. The number of rotatable bonds is 9. The topological polar surface area (TPSA) is 51.2 Å². The Labute approximate surface area is 126 Å². The quantitative estimate of drug-likeness (QED) is 0.561. The first-order valence-corrected chi connectivity index (χ1v) is 7.30. The number of epoxide rings is 1. The Hall–Kier alpha value is -1.36. The molecular weight excluding hydrogens is 268 g/mol. The minimum absolute atomic E-state index is 0.0108. The van der Waals surface area contributed by atoms with Crippen LogP contribution in [-0.2, 0) is 16.1 Å². The number of ether oxygens (including phenoxy) is 3. The highest BCUT2D eigenvalue weighted by Crippen LogP contribution is 2.26. The van der Waals surface area contributed by atoms with E-state index >= 15 is 0 Å². The summed E-state index contributed by atoms with van der Waals surface area (Å²) < 4.78 is 16.5. The average Bonchev–Trinajstić information content (AvgIpc) is 3.35. The summed E-state index contributed by atoms with van der Waals surface area (Å²) in [5.74, 6) is 0.941. The van der Waals surface area contributed by atoms with Crippen molar-refractivity contribution in [2.75, 3.05) is 13.7 Å². The Balaban J connectivity index is 1.86. The van der Waals surface area contributed by atoms with Gasteiger partial charge in [-0.05, 0) is 30.0 Å². The molecule has 1 aliphatic rings. The highest BCUT2D eigenvalue weighted by atomic mass is 16.6. The van der Waals surface area contributed by atoms with Gasteiger partial charge >= 0.3 is 0 Å². The molecule has 0 radical (unpaired) electrons. The molecule has 2 rings (SSSR count). The van der Waals surface area contributed by atoms with E-state index < -0.39 is 6.10 Å². The normalized spacial score (nSPS) is 21.4. The fourth-order valence-electron chi connectivity index (χ4n) is 2.26. The third kappa shape index (κ3) is 4.84. The average molecular weight is 292 g/mol. The lowest BCUT2D eigenvalue weighted by molar-refractivity contribution is -0.00334. The summed E-state index contributed by atoms with van der Waals surface area (Å²) in [7, 11) is 1.65. The maximum Gasteiger partial charge on any atom is 0.118 e. The zero-order chi connectivity index (χ0) is 15.2. The number of hydrogen-bond donors (Lipinski definition) is 1. The SMILES string of the molecule is C=C[C@H](O)[C@@H](C)C[C@H](OCc1ccc(OC)cc1)[C@@H]1CO1. The molecule has 1 heterocycles. The molecule has 1 N–H and O–H groups in total. The van der Waals surface area contributed by atoms with Crippen molar-refractivity contribution < 1.29 is 19.3 Å². The van der Waals surface area contributed by atoms with Gasteiger partial charge in [-0.15, -0.1) is 6.58 Å². The van der Waals surface area contributed by atoms with Gasteiger partial charge in [0.2, 0.25) is 0 Å². The van der Waals surface area contributed by atoms with Gasteiger partial charge in [0.25, 0.3) is 0 Å². The number of hydrogen-bond acceptors (Lipinski definition) is 4. The molecule has 1 aromatic carbocycles. The molecule has 21 heavy (non-hydrogen) atoms. The van der Waals surface area contributed by atoms with E-state index in [-0.39, 0.29) is 18.1 Å². The van der Waals surface area contributed by atoms with E-state index in [4.69, 9.17) is 14.2 Å². The second-order valence-electron chi connectivity index (χ2n) is 5.51. The summed E-state index contributed by atoms with van der Waals surface area (Å²) in [4.78, 5) is 0. The third-order valence-electron chi connectivity index (χ3n) is 3.83. The first-order valence-electron chi connectivity index (χ1n) is 7.30. The molecule has 0 unspecified atom stereocenters. The van der Waals surface area contributed by atoms with Gasteiger partial charge in [-0.1, -0.05) is 25.1 Å². The lowest BCUT2D eigenvalue weighted by Crippen LogP contribution is -2.27. The molecule has 0 spiro atoms. The Morgan fingerprint density at radius 3 is 2.62 bits per heavy atom. The molecule has 0 saturated carbocycles. The van der Waals surface area contributed by atoms with Crippen molar-refractivity contribution in [2.24, 2.45) is 5.92 Å². The molecular formula is C17H24O4. The van der Waals surface area contributed by atoms with Crippen LogP contribution in [-0.4, -0.2) is 37.1 Å². The van der Waals surface area contributed by atoms with Crippen LogP contribution in [0.2, 0.25) is 0 Å². The Morgan fingerprint density at radius 1 is 1.43 bits per heavy atom. The van der Waals surface area contributed by atoms with Crippen LogP contribution in [0.15, 0.2) is 36.9 Å². The fourth-order valence-corrected chi connectivity index (χ4v) is 2.26. The zero-order valence-corrected chi connectivity index (χ0v) is 12.7. The highest BCUT2D eigenvalue weighted by molar-refractivity contribution is 5.26. The van der Waals surface area contributed by atoms with Gasteiger partial charge in [0.15, 0.2) is 0 Å². The van der Waals surface area contributed by atoms with Crippen molar-refractivity contribution in [1.29, 1.82) is 0 Å². The van der Waals surface area contributed by atoms with Crippen molar-refractivity contribution >= 4 is 0 Å². The molecule has 1 aliphatic heterocycles. The van der Waals surface area contributed by atoms with E-state index in [2.05, 4.69) is 6.58 Å². The van der Waals surface area contributed by atoms with Gasteiger partial charge < -0.3 is 19.3 Å². The van der Waals surface area contributed by atoms with Gasteiger partial charge in [0.05, 0.1) is 32.5 Å². The summed E-state index contributed by atoms with van der Waals surface area (Å²) in [6, 6.07) is 7.83. The molecule has 1 fully saturated rings. The number of benzene rings is 1. The monoisotopic (exact) mass is 292 g/mol. The van der Waals surface area contributed by atoms with E-state index in [0.717, 1.165) is 24.3 Å². The van der Waals surface area contributed by atoms with Crippen LogP contribution in [0, 0.1) is 5.92 Å². The highest BCUT2D eigenvalue weighted by Gasteiger charge is 2.35. The van der Waals surface area contributed by atoms with Crippen LogP contribution in [0.1, 0.15) is 18.9 Å². The van der Waals surface area contributed by atoms with Gasteiger partial charge in [-0.2, -0.15) is 0 Å². The van der Waals surface area contributed by atoms with Gasteiger partial charge in [-0.25, -0.2) is 0 Å². The second kappa shape index (κ2) is 7.59. The Bertz CT molecular complexity index is 439. The van der Waals surface area contributed by atoms with Crippen molar-refractivity contribution in [3.05, 3.63) is 42.5 Å². The van der Waals surface area contributed by atoms with Crippen LogP contribution in [0.4, 0.5) is 0 Å². The summed E-state index contributed by atoms with van der Waals surface area (Å²) in [5, 5.41) is 9.79. The van der Waals surface area contributed by atoms with Crippen LogP contribution >= 0.6 is 0 Å². The molecule has 4 atom stereocenters. The first-order chi connectivity index (χ1) is 10.1. The molecule has 116 valence electrons. The van der Waals surface area contributed by atoms with Crippen LogP contribution in [0.5, 0.6) is 5.75 Å². The maximum atomic E-state index is 9.79. The first kappa shape index (κ1) is 16.0. The Kier molecular flexibility index (Phi) is 5.79. The summed E-state index contributed by atoms with van der Waals surface area (Å²) in [6.45, 7) is 6.90. The summed E-state index contributed by atoms with van der Waals surface area (Å²) >= 11 is 0. The lowest BCUT2D eigenvalue weighted by atomic mass is 9.96. The predicted molar refractivity (Wildman–Crippen MR) is 81.3 cm³/mol. The molecule has 0 amide bonds. The minimum atomic E-state index is -0.504. The number of aliphatic hydroxyl groups is 1. The van der Waals surface area contributed by atoms with Crippen LogP contribution in [0.3, 0.4) is 0 Å². The number of aliphatic hydroxyl groups excluding tert-OH is 1. The van der Waals surface area contributed by atoms with Crippen LogP contribution in [0.25, 0.3) is 0 Å². The minimum Gasteiger partial charge on any atom is -0.497 e. The van der Waals surface area contributed by atoms with Gasteiger partial charge in [0.1, 0.15) is 11.9 Å². The standard InChI is InChI=1S/C17H24O4/c1-4-15(18)12(2)9-16(17-11-21-17)20-10-13-5-7-14(19-3)8-6-13/h4-8,12,15-18H,1,9-11H2,2-3H3/t12-,15-,16-,17-/m0/s1. The largest absolute Gasteiger partial charge is 0.497 e. The van der Waals surface area contributed by atoms with E-state index in [0.29, 0.717) is 6.61 Å². The van der Waals surface area contributed by atoms with E-state index in [1.807, 2.05) is 31.2 Å². The van der Waals surface area contributed by atoms with E-state index in [9.17, 15) is 5.11 Å². The van der Waals surface area contributed by atoms with Crippen molar-refractivity contribution in [3.63, 3.8) is 0 Å². The fraction of sp³-hybridized carbons (Fsp3) is 0.529. The second-order valence-corrected chi connectivity index (χ2v) is 5.51. The van der Waals surface area contributed by atoms with Gasteiger partial charge in [-0.3, -0.25) is 0 Å². The maximum absolute atomic E-state index is 9.79. The molecule has 0 aliphatic carbocycles. The van der Waals surface area contributed by atoms with Crippen LogP contribution < -0.4 is 4.74 Å². The van der Waals surface area contributed by atoms with Gasteiger partial charge in [0, 0.05) is 0 Å². The van der Waals surface area contributed by atoms with E-state index in [1.54, 1.807) is 13.2 Å². The molecule has 1 saturated heterocycles. The summed E-state index contributed by atoms with van der Waals surface area (Å²) in [5.41, 5.74) is 1.10. The summed E-state index contributed by atoms with van der Waals surface area (Å²) in [6.07, 6.45) is 1.99. The molecule has 0 bridgehead atoms. The van der Waals surface area contributed by atoms with Crippen molar-refractivity contribution in [1.82, 2.24) is 0 Å². The van der Waals surface area contributed by atoms with Crippen molar-refractivity contribution in [2.45, 2.75) is 38.3 Å². The Morgan fingerprint density at radius 2 is 2.10 bits per heavy atom. The number of methoxy groups -OCH3 is 1. The molecule has 4 nitrogen and oxygen atoms in total. The third-order valence-corrected chi connectivity index (χ3v) is 3.83. The molecule has 1 aromatic rings.